The van der Waals surface area contributed by atoms with Crippen LogP contribution < -0.4 is 27.0 Å². The Morgan fingerprint density at radius 1 is 0.889 bits per heavy atom. The van der Waals surface area contributed by atoms with Crippen LogP contribution in [0.1, 0.15) is 105 Å². The topological polar surface area (TPSA) is 253 Å². The number of likely N-dealkylation sites (N-methyl/N-ethyl adjacent to an activating group) is 1. The number of benzene rings is 3. The zero-order valence-electron chi connectivity index (χ0n) is 36.1. The average molecular weight is 866 g/mol. The van der Waals surface area contributed by atoms with E-state index in [0.717, 1.165) is 28.6 Å². The Morgan fingerprint density at radius 2 is 1.62 bits per heavy atom. The molecule has 5 amide bonds. The molecular formula is C47H59N7O9. The lowest BCUT2D eigenvalue weighted by atomic mass is 9.93. The van der Waals surface area contributed by atoms with Crippen LogP contribution in [0.5, 0.6) is 11.5 Å². The van der Waals surface area contributed by atoms with Gasteiger partial charge in [-0.2, -0.15) is 0 Å². The van der Waals surface area contributed by atoms with Crippen molar-refractivity contribution in [3.63, 3.8) is 0 Å². The molecule has 0 saturated heterocycles. The number of nitrogens with two attached hydrogens (primary N) is 1. The number of aromatic hydroxyl groups is 2. The number of nitrogens with zero attached hydrogens (tertiary/aromatic N) is 2. The molecule has 4 aromatic rings. The maximum absolute atomic E-state index is 14.4. The molecule has 0 unspecified atom stereocenters. The van der Waals surface area contributed by atoms with E-state index in [-0.39, 0.29) is 54.0 Å². The predicted octanol–water partition coefficient (Wildman–Crippen LogP) is 4.39. The Kier molecular flexibility index (Phi) is 17.0. The smallest absolute Gasteiger partial charge is 0.326 e. The molecule has 0 radical (unpaired) electrons. The number of unbranched alkanes of at least 4 members (excludes halogenated alkanes) is 5. The third-order valence-electron chi connectivity index (χ3n) is 11.3. The number of aliphatic carboxylic acids is 1. The van der Waals surface area contributed by atoms with Gasteiger partial charge in [-0.05, 0) is 98.7 Å². The van der Waals surface area contributed by atoms with Gasteiger partial charge in [0.15, 0.2) is 0 Å². The van der Waals surface area contributed by atoms with Crippen molar-refractivity contribution in [2.24, 2.45) is 5.73 Å². The van der Waals surface area contributed by atoms with Crippen molar-refractivity contribution in [2.75, 3.05) is 20.1 Å². The normalized spacial score (nSPS) is 16.9. The van der Waals surface area contributed by atoms with Gasteiger partial charge in [-0.25, -0.2) is 4.79 Å². The van der Waals surface area contributed by atoms with Crippen molar-refractivity contribution in [3.05, 3.63) is 89.1 Å². The second kappa shape index (κ2) is 22.5. The monoisotopic (exact) mass is 865 g/mol. The number of pyridine rings is 1. The number of rotatable bonds is 18. The fraction of sp³-hybridized carbons (Fsp3) is 0.426. The Morgan fingerprint density at radius 3 is 2.35 bits per heavy atom. The van der Waals surface area contributed by atoms with E-state index in [4.69, 9.17) is 5.73 Å². The lowest BCUT2D eigenvalue weighted by Crippen LogP contribution is -2.54. The summed E-state index contributed by atoms with van der Waals surface area (Å²) >= 11 is 0. The van der Waals surface area contributed by atoms with E-state index in [1.165, 1.54) is 87.8 Å². The number of phenols is 2. The number of aryl methyl sites for hydroxylation is 1. The molecule has 1 aliphatic rings. The van der Waals surface area contributed by atoms with E-state index in [1.54, 1.807) is 6.07 Å². The molecule has 3 aromatic carbocycles. The molecule has 4 bridgehead atoms. The van der Waals surface area contributed by atoms with Gasteiger partial charge in [0, 0.05) is 49.1 Å². The summed E-state index contributed by atoms with van der Waals surface area (Å²) in [6.45, 7) is 3.85. The van der Waals surface area contributed by atoms with E-state index in [0.29, 0.717) is 30.5 Å². The van der Waals surface area contributed by atoms with Gasteiger partial charge < -0.3 is 47.2 Å². The van der Waals surface area contributed by atoms with Crippen molar-refractivity contribution >= 4 is 46.4 Å². The molecule has 0 spiro atoms. The quantitative estimate of drug-likeness (QED) is 0.0652. The first kappa shape index (κ1) is 47.5. The third-order valence-corrected chi connectivity index (χ3v) is 11.3. The van der Waals surface area contributed by atoms with Crippen molar-refractivity contribution in [1.82, 2.24) is 31.2 Å². The number of hydrogen-bond donors (Lipinski definition) is 8. The maximum atomic E-state index is 14.4. The largest absolute Gasteiger partial charge is 0.507 e. The van der Waals surface area contributed by atoms with Gasteiger partial charge in [0.2, 0.25) is 23.6 Å². The Hall–Kier alpha value is -6.55. The van der Waals surface area contributed by atoms with Crippen molar-refractivity contribution < 1.29 is 44.1 Å². The van der Waals surface area contributed by atoms with E-state index in [1.807, 2.05) is 12.1 Å². The van der Waals surface area contributed by atoms with E-state index < -0.39 is 59.7 Å². The summed E-state index contributed by atoms with van der Waals surface area (Å²) in [5, 5.41) is 43.1. The first-order valence-corrected chi connectivity index (χ1v) is 21.6. The summed E-state index contributed by atoms with van der Waals surface area (Å²) in [6.07, 6.45) is 9.24. The minimum absolute atomic E-state index is 0.0444. The molecule has 1 aliphatic heterocycles. The molecule has 16 heteroatoms. The summed E-state index contributed by atoms with van der Waals surface area (Å²) in [6, 6.07) is 11.0. The number of amides is 5. The SMILES string of the molecule is CCCCCCCc1ccc2cc(C(=O)NCCC(=O)N[C@@H](CCCCN)C(=O)N(C)[C@@H]3C(=O)N[C@@H](C)C(=O)N[C@H](C(=O)O)Cc4ccc(O)c(c4)-c4cc3ccc4O)cnc2c1. The molecule has 1 aromatic heterocycles. The molecule has 0 saturated carbocycles. The minimum Gasteiger partial charge on any atom is -0.507 e. The number of hydrogen-bond acceptors (Lipinski definition) is 10. The van der Waals surface area contributed by atoms with Gasteiger partial charge in [-0.15, -0.1) is 0 Å². The van der Waals surface area contributed by atoms with Crippen LogP contribution in [-0.4, -0.2) is 99.0 Å². The van der Waals surface area contributed by atoms with Gasteiger partial charge in [-0.1, -0.05) is 56.9 Å². The lowest BCUT2D eigenvalue weighted by molar-refractivity contribution is -0.144. The zero-order chi connectivity index (χ0) is 45.6. The van der Waals surface area contributed by atoms with Crippen LogP contribution in [0.2, 0.25) is 0 Å². The fourth-order valence-electron chi connectivity index (χ4n) is 7.67. The molecule has 336 valence electrons. The lowest BCUT2D eigenvalue weighted by Gasteiger charge is -2.32. The van der Waals surface area contributed by atoms with Crippen LogP contribution in [0.25, 0.3) is 22.0 Å². The number of carboxylic acids is 1. The second-order valence-corrected chi connectivity index (χ2v) is 16.1. The first-order chi connectivity index (χ1) is 30.2. The van der Waals surface area contributed by atoms with Crippen LogP contribution in [0.3, 0.4) is 0 Å². The number of fused-ring (bicyclic) bond motifs is 6. The minimum atomic E-state index is -1.44. The first-order valence-electron chi connectivity index (χ1n) is 21.6. The third kappa shape index (κ3) is 12.8. The number of carboxylic acid groups (broad SMARTS) is 1. The number of phenolic OH excluding ortho intramolecular Hbond substituents is 2. The second-order valence-electron chi connectivity index (χ2n) is 16.1. The Labute approximate surface area is 367 Å². The summed E-state index contributed by atoms with van der Waals surface area (Å²) in [7, 11) is 1.36. The highest BCUT2D eigenvalue weighted by Crippen LogP contribution is 2.39. The van der Waals surface area contributed by atoms with Crippen LogP contribution in [0.4, 0.5) is 0 Å². The van der Waals surface area contributed by atoms with Crippen molar-refractivity contribution in [2.45, 2.75) is 109 Å². The van der Waals surface area contributed by atoms with Crippen LogP contribution in [0.15, 0.2) is 66.9 Å². The summed E-state index contributed by atoms with van der Waals surface area (Å²) < 4.78 is 0. The molecule has 0 fully saturated rings. The van der Waals surface area contributed by atoms with Crippen molar-refractivity contribution in [1.29, 1.82) is 0 Å². The number of carbonyl (C=O) groups is 6. The average Bonchev–Trinajstić information content (AvgIpc) is 3.26. The number of carbonyl (C=O) groups excluding carboxylic acids is 5. The Bertz CT molecular complexity index is 2300. The van der Waals surface area contributed by atoms with E-state index in [9.17, 15) is 44.1 Å². The maximum Gasteiger partial charge on any atom is 0.326 e. The summed E-state index contributed by atoms with van der Waals surface area (Å²) in [5.74, 6) is -5.07. The van der Waals surface area contributed by atoms with Gasteiger partial charge in [0.05, 0.1) is 11.1 Å². The molecule has 0 aliphatic carbocycles. The molecular weight excluding hydrogens is 807 g/mol. The van der Waals surface area contributed by atoms with Crippen LogP contribution in [-0.2, 0) is 36.8 Å². The molecule has 9 N–H and O–H groups in total. The number of nitrogens with one attached hydrogen (secondary N) is 4. The van der Waals surface area contributed by atoms with Gasteiger partial charge in [-0.3, -0.25) is 29.0 Å². The van der Waals surface area contributed by atoms with Crippen molar-refractivity contribution in [3.8, 4) is 22.6 Å². The van der Waals surface area contributed by atoms with Gasteiger partial charge in [0.25, 0.3) is 5.91 Å². The molecule has 16 nitrogen and oxygen atoms in total. The standard InChI is InChI=1S/C47H59N7O9/c1-4-5-6-7-8-11-29-13-15-31-25-33(27-50-37(31)23-29)44(59)49-21-19-41(57)52-36(12-9-10-20-48)46(61)54(3)42-32-16-18-40(56)35(26-32)34-22-30(14-17-39(34)55)24-38(47(62)63)53-43(58)28(2)51-45(42)60/h13-18,22-23,25-28,36,38,42,55-56H,4-12,19-21,24,48H2,1-3H3,(H,49,59)(H,51,60)(H,52,57)(H,53,58)(H,62,63)/t28-,36-,38-,42-/m0/s1. The van der Waals surface area contributed by atoms with Crippen LogP contribution >= 0.6 is 0 Å². The number of aromatic nitrogens is 1. The highest BCUT2D eigenvalue weighted by molar-refractivity contribution is 5.98. The fourth-order valence-corrected chi connectivity index (χ4v) is 7.67. The summed E-state index contributed by atoms with van der Waals surface area (Å²) in [5.41, 5.74) is 8.91. The molecule has 4 atom stereocenters. The summed E-state index contributed by atoms with van der Waals surface area (Å²) in [4.78, 5) is 86.1. The van der Waals surface area contributed by atoms with Gasteiger partial charge in [0.1, 0.15) is 35.7 Å². The highest BCUT2D eigenvalue weighted by Gasteiger charge is 2.36. The molecule has 2 heterocycles. The molecule has 63 heavy (non-hydrogen) atoms. The zero-order valence-corrected chi connectivity index (χ0v) is 36.1. The van der Waals surface area contributed by atoms with Gasteiger partial charge >= 0.3 is 5.97 Å². The van der Waals surface area contributed by atoms with E-state index >= 15 is 0 Å². The molecule has 5 rings (SSSR count). The predicted molar refractivity (Wildman–Crippen MR) is 238 cm³/mol. The van der Waals surface area contributed by atoms with E-state index in [2.05, 4.69) is 39.2 Å². The highest BCUT2D eigenvalue weighted by atomic mass is 16.4. The van der Waals surface area contributed by atoms with Crippen LogP contribution in [0, 0.1) is 0 Å². The Balaban J connectivity index is 1.31.